The average molecular weight is 803 g/mol. The van der Waals surface area contributed by atoms with Gasteiger partial charge in [0.05, 0.1) is 4.88 Å². The SMILES string of the molecule is O=P(Oc1ccccc1)(Oc1ccccc1)c1cc(-c2ccc(N(c3ccccc3)c3ccccc3)cc2)sc1-c1ccc(N(c2ccccc2)c2ccccc2)cc1. The second-order valence-electron chi connectivity index (χ2n) is 13.7. The van der Waals surface area contributed by atoms with Gasteiger partial charge in [-0.3, -0.25) is 0 Å². The lowest BCUT2D eigenvalue weighted by Crippen LogP contribution is -2.15. The second kappa shape index (κ2) is 17.2. The van der Waals surface area contributed by atoms with Gasteiger partial charge in [-0.05, 0) is 114 Å². The van der Waals surface area contributed by atoms with E-state index in [1.54, 1.807) is 35.6 Å². The molecule has 0 aliphatic heterocycles. The number of thiophene rings is 1. The van der Waals surface area contributed by atoms with E-state index in [9.17, 15) is 0 Å². The molecule has 9 aromatic rings. The third-order valence-corrected chi connectivity index (χ3v) is 13.0. The van der Waals surface area contributed by atoms with Crippen LogP contribution in [0.1, 0.15) is 0 Å². The van der Waals surface area contributed by atoms with Crippen LogP contribution in [-0.4, -0.2) is 0 Å². The minimum atomic E-state index is -4.06. The van der Waals surface area contributed by atoms with E-state index in [2.05, 4.69) is 131 Å². The van der Waals surface area contributed by atoms with Gasteiger partial charge in [-0.25, -0.2) is 4.57 Å². The summed E-state index contributed by atoms with van der Waals surface area (Å²) in [4.78, 5) is 6.19. The molecule has 1 heterocycles. The highest BCUT2D eigenvalue weighted by atomic mass is 32.1. The predicted molar refractivity (Wildman–Crippen MR) is 246 cm³/mol. The van der Waals surface area contributed by atoms with E-state index < -0.39 is 7.60 Å². The number of benzene rings is 8. The van der Waals surface area contributed by atoms with Crippen LogP contribution >= 0.6 is 18.9 Å². The van der Waals surface area contributed by atoms with Gasteiger partial charge in [0.15, 0.2) is 0 Å². The van der Waals surface area contributed by atoms with Gasteiger partial charge in [0.2, 0.25) is 0 Å². The zero-order valence-corrected chi connectivity index (χ0v) is 33.7. The maximum Gasteiger partial charge on any atom is 0.464 e. The van der Waals surface area contributed by atoms with E-state index >= 15 is 4.57 Å². The molecule has 286 valence electrons. The summed E-state index contributed by atoms with van der Waals surface area (Å²) in [7, 11) is -4.06. The number of para-hydroxylation sites is 6. The fourth-order valence-electron chi connectivity index (χ4n) is 7.03. The number of rotatable bonds is 13. The molecule has 0 spiro atoms. The average Bonchev–Trinajstić information content (AvgIpc) is 3.76. The minimum absolute atomic E-state index is 0.452. The van der Waals surface area contributed by atoms with E-state index in [0.29, 0.717) is 16.8 Å². The lowest BCUT2D eigenvalue weighted by molar-refractivity contribution is 0.399. The van der Waals surface area contributed by atoms with E-state index in [0.717, 1.165) is 55.0 Å². The highest BCUT2D eigenvalue weighted by Gasteiger charge is 2.37. The molecule has 0 fully saturated rings. The Morgan fingerprint density at radius 1 is 0.356 bits per heavy atom. The van der Waals surface area contributed by atoms with Gasteiger partial charge in [-0.1, -0.05) is 133 Å². The van der Waals surface area contributed by atoms with Crippen LogP contribution in [0.2, 0.25) is 0 Å². The van der Waals surface area contributed by atoms with Crippen molar-refractivity contribution in [2.24, 2.45) is 0 Å². The third-order valence-electron chi connectivity index (χ3n) is 9.80. The van der Waals surface area contributed by atoms with Crippen LogP contribution in [0.25, 0.3) is 20.9 Å². The van der Waals surface area contributed by atoms with Crippen LogP contribution in [0.4, 0.5) is 34.1 Å². The third kappa shape index (κ3) is 8.32. The Kier molecular flexibility index (Phi) is 10.9. The molecule has 0 unspecified atom stereocenters. The summed E-state index contributed by atoms with van der Waals surface area (Å²) < 4.78 is 28.5. The molecule has 1 aromatic heterocycles. The highest BCUT2D eigenvalue weighted by molar-refractivity contribution is 7.64. The second-order valence-corrected chi connectivity index (χ2v) is 16.6. The first kappa shape index (κ1) is 37.5. The fourth-order valence-corrected chi connectivity index (χ4v) is 10.4. The van der Waals surface area contributed by atoms with Crippen molar-refractivity contribution >= 4 is 58.4 Å². The first-order valence-electron chi connectivity index (χ1n) is 19.4. The van der Waals surface area contributed by atoms with Gasteiger partial charge >= 0.3 is 7.60 Å². The Hall–Kier alpha value is -7.11. The lowest BCUT2D eigenvalue weighted by Gasteiger charge is -2.25. The van der Waals surface area contributed by atoms with Crippen LogP contribution in [-0.2, 0) is 4.57 Å². The molecule has 8 aromatic carbocycles. The molecule has 5 nitrogen and oxygen atoms in total. The van der Waals surface area contributed by atoms with Crippen LogP contribution in [0, 0.1) is 0 Å². The molecule has 59 heavy (non-hydrogen) atoms. The molecule has 0 bridgehead atoms. The molecule has 0 radical (unpaired) electrons. The molecular weight excluding hydrogens is 764 g/mol. The monoisotopic (exact) mass is 802 g/mol. The normalized spacial score (nSPS) is 11.1. The summed E-state index contributed by atoms with van der Waals surface area (Å²) >= 11 is 1.57. The van der Waals surface area contributed by atoms with Gasteiger partial charge in [0.25, 0.3) is 0 Å². The Labute approximate surface area is 349 Å². The largest absolute Gasteiger partial charge is 0.464 e. The van der Waals surface area contributed by atoms with Gasteiger partial charge in [0.1, 0.15) is 16.8 Å². The Morgan fingerprint density at radius 3 is 1.02 bits per heavy atom. The molecule has 9 rings (SSSR count). The molecule has 0 aliphatic carbocycles. The van der Waals surface area contributed by atoms with Gasteiger partial charge in [-0.2, -0.15) is 0 Å². The number of anilines is 6. The standard InChI is InChI=1S/C52H39N2O3PS/c55-58(56-48-27-15-5-16-28-48,57-49-29-17-6-18-30-49)50-39-51(40-31-35-46(36-32-40)53(42-19-7-1-8-20-42)43-21-9-2-10-22-43)59-52(50)41-33-37-47(38-34-41)54(44-23-11-3-12-24-44)45-25-13-4-14-26-45/h1-39H. The topological polar surface area (TPSA) is 42.0 Å². The number of hydrogen-bond acceptors (Lipinski definition) is 6. The fraction of sp³-hybridized carbons (Fsp3) is 0. The molecule has 7 heteroatoms. The van der Waals surface area contributed by atoms with Crippen molar-refractivity contribution in [3.8, 4) is 32.4 Å². The predicted octanol–water partition coefficient (Wildman–Crippen LogP) is 15.0. The van der Waals surface area contributed by atoms with Crippen LogP contribution in [0.3, 0.4) is 0 Å². The molecule has 0 amide bonds. The van der Waals surface area contributed by atoms with Crippen molar-refractivity contribution in [1.82, 2.24) is 0 Å². The van der Waals surface area contributed by atoms with Crippen LogP contribution in [0.5, 0.6) is 11.5 Å². The minimum Gasteiger partial charge on any atom is -0.413 e. The first-order valence-corrected chi connectivity index (χ1v) is 21.7. The van der Waals surface area contributed by atoms with Gasteiger partial charge in [0, 0.05) is 39.0 Å². The van der Waals surface area contributed by atoms with Crippen molar-refractivity contribution in [3.05, 3.63) is 237 Å². The van der Waals surface area contributed by atoms with Crippen molar-refractivity contribution in [2.45, 2.75) is 0 Å². The molecular formula is C52H39N2O3PS. The molecule has 0 saturated carbocycles. The Bertz CT molecular complexity index is 2650. The maximum atomic E-state index is 15.5. The number of nitrogens with zero attached hydrogens (tertiary/aromatic N) is 2. The molecule has 0 N–H and O–H groups in total. The zero-order chi connectivity index (χ0) is 39.9. The van der Waals surface area contributed by atoms with Crippen LogP contribution < -0.4 is 24.2 Å². The summed E-state index contributed by atoms with van der Waals surface area (Å²) in [6, 6.07) is 78.7. The van der Waals surface area contributed by atoms with Gasteiger partial charge < -0.3 is 18.8 Å². The highest BCUT2D eigenvalue weighted by Crippen LogP contribution is 2.53. The molecule has 0 atom stereocenters. The van der Waals surface area contributed by atoms with Crippen molar-refractivity contribution < 1.29 is 13.6 Å². The number of hydrogen-bond donors (Lipinski definition) is 0. The summed E-state index contributed by atoms with van der Waals surface area (Å²) in [5.74, 6) is 0.905. The molecule has 0 saturated heterocycles. The van der Waals surface area contributed by atoms with Crippen LogP contribution in [0.15, 0.2) is 237 Å². The van der Waals surface area contributed by atoms with E-state index in [1.165, 1.54) is 0 Å². The Morgan fingerprint density at radius 2 is 0.661 bits per heavy atom. The van der Waals surface area contributed by atoms with E-state index in [-0.39, 0.29) is 0 Å². The maximum absolute atomic E-state index is 15.5. The van der Waals surface area contributed by atoms with Gasteiger partial charge in [-0.15, -0.1) is 11.3 Å². The van der Waals surface area contributed by atoms with Crippen molar-refractivity contribution in [1.29, 1.82) is 0 Å². The smallest absolute Gasteiger partial charge is 0.413 e. The lowest BCUT2D eigenvalue weighted by atomic mass is 10.1. The zero-order valence-electron chi connectivity index (χ0n) is 32.0. The summed E-state index contributed by atoms with van der Waals surface area (Å²) in [6.45, 7) is 0. The first-order chi connectivity index (χ1) is 29.1. The Balaban J connectivity index is 1.16. The summed E-state index contributed by atoms with van der Waals surface area (Å²) in [5.41, 5.74) is 8.10. The summed E-state index contributed by atoms with van der Waals surface area (Å²) in [6.07, 6.45) is 0. The summed E-state index contributed by atoms with van der Waals surface area (Å²) in [5, 5.41) is 0.486. The van der Waals surface area contributed by atoms with Crippen molar-refractivity contribution in [2.75, 3.05) is 9.80 Å². The van der Waals surface area contributed by atoms with Crippen molar-refractivity contribution in [3.63, 3.8) is 0 Å². The molecule has 0 aliphatic rings. The quantitative estimate of drug-likeness (QED) is 0.109. The van der Waals surface area contributed by atoms with E-state index in [1.807, 2.05) is 91.0 Å². The van der Waals surface area contributed by atoms with E-state index in [4.69, 9.17) is 9.05 Å².